The zero-order valence-corrected chi connectivity index (χ0v) is 53.6. The third kappa shape index (κ3) is 69.0. The summed E-state index contributed by atoms with van der Waals surface area (Å²) < 4.78 is 10.7. The van der Waals surface area contributed by atoms with Crippen molar-refractivity contribution in [3.8, 4) is 0 Å². The molecule has 0 rings (SSSR count). The Kier molecular flexibility index (Phi) is 67.0. The Morgan fingerprint density at radius 3 is 0.726 bits per heavy atom. The summed E-state index contributed by atoms with van der Waals surface area (Å²) in [7, 11) is 0. The first-order valence-electron chi connectivity index (χ1n) is 33.6. The summed E-state index contributed by atoms with van der Waals surface area (Å²) in [6.07, 6.45) is 115. The van der Waals surface area contributed by atoms with E-state index in [1.54, 1.807) is 0 Å². The number of rotatable bonds is 59. The van der Waals surface area contributed by atoms with Gasteiger partial charge in [-0.2, -0.15) is 0 Å². The minimum absolute atomic E-state index is 0.0925. The van der Waals surface area contributed by atoms with Crippen molar-refractivity contribution < 1.29 is 24.2 Å². The molecule has 5 nitrogen and oxygen atoms in total. The molecule has 0 aromatic rings. The number of esters is 2. The molecule has 84 heavy (non-hydrogen) atoms. The van der Waals surface area contributed by atoms with Gasteiger partial charge in [-0.3, -0.25) is 9.59 Å². The number of aliphatic hydroxyl groups excluding tert-OH is 1. The maximum Gasteiger partial charge on any atom is 0.306 e. The number of allylic oxidation sites excluding steroid dienone is 34. The summed E-state index contributed by atoms with van der Waals surface area (Å²) in [6, 6.07) is 0. The van der Waals surface area contributed by atoms with E-state index in [-0.39, 0.29) is 25.2 Å². The molecule has 0 bridgehead atoms. The molecule has 0 aromatic heterocycles. The van der Waals surface area contributed by atoms with Gasteiger partial charge in [0.1, 0.15) is 6.61 Å². The number of hydrogen-bond donors (Lipinski definition) is 1. The zero-order chi connectivity index (χ0) is 60.5. The molecule has 0 fully saturated rings. The van der Waals surface area contributed by atoms with Crippen LogP contribution in [0.2, 0.25) is 0 Å². The largest absolute Gasteiger partial charge is 0.462 e. The average molecular weight is 1150 g/mol. The van der Waals surface area contributed by atoms with Crippen LogP contribution in [0.4, 0.5) is 0 Å². The summed E-state index contributed by atoms with van der Waals surface area (Å²) in [4.78, 5) is 24.6. The molecule has 0 aliphatic rings. The highest BCUT2D eigenvalue weighted by atomic mass is 16.6. The molecule has 0 heterocycles. The van der Waals surface area contributed by atoms with Gasteiger partial charge in [0.05, 0.1) is 6.61 Å². The number of carbonyl (C=O) groups is 2. The summed E-state index contributed by atoms with van der Waals surface area (Å²) in [5.74, 6) is -0.641. The highest BCUT2D eigenvalue weighted by Gasteiger charge is 2.16. The predicted molar refractivity (Wildman–Crippen MR) is 370 cm³/mol. The maximum absolute atomic E-state index is 12.3. The second-order valence-corrected chi connectivity index (χ2v) is 21.4. The Balaban J connectivity index is 3.64. The van der Waals surface area contributed by atoms with Crippen molar-refractivity contribution in [1.82, 2.24) is 0 Å². The van der Waals surface area contributed by atoms with Gasteiger partial charge in [-0.25, -0.2) is 0 Å². The lowest BCUT2D eigenvalue weighted by Gasteiger charge is -2.15. The van der Waals surface area contributed by atoms with Crippen LogP contribution in [0.15, 0.2) is 207 Å². The van der Waals surface area contributed by atoms with Crippen LogP contribution < -0.4 is 0 Å². The van der Waals surface area contributed by atoms with E-state index >= 15 is 0 Å². The quantitative estimate of drug-likeness (QED) is 0.0373. The van der Waals surface area contributed by atoms with Crippen LogP contribution in [-0.4, -0.2) is 36.4 Å². The molecule has 0 saturated heterocycles. The SMILES string of the molecule is CC/C=C\C/C=C\C/C=C\C/C=C\C/C=C\C/C=C\C/C=C\C/C=C\C/C=C\C/C=C\C/C=C\CCCCCC(=O)OC(CO)COC(=O)CCCCCCCCCCCCCCCC/C=C\C/C=C\C/C=C\C/C=C\C/C=C\C/C=C\CC. The molecule has 0 aliphatic heterocycles. The molecule has 0 saturated carbocycles. The third-order valence-corrected chi connectivity index (χ3v) is 13.6. The summed E-state index contributed by atoms with van der Waals surface area (Å²) in [5, 5.41) is 9.69. The molecule has 1 atom stereocenters. The molecule has 468 valence electrons. The van der Waals surface area contributed by atoms with Gasteiger partial charge in [-0.1, -0.05) is 304 Å². The van der Waals surface area contributed by atoms with Crippen LogP contribution in [0.5, 0.6) is 0 Å². The van der Waals surface area contributed by atoms with Crippen LogP contribution in [0.25, 0.3) is 0 Å². The Morgan fingerprint density at radius 2 is 0.476 bits per heavy atom. The number of carbonyl (C=O) groups excluding carboxylic acids is 2. The van der Waals surface area contributed by atoms with Gasteiger partial charge >= 0.3 is 11.9 Å². The third-order valence-electron chi connectivity index (χ3n) is 13.6. The summed E-state index contributed by atoms with van der Waals surface area (Å²) in [6.45, 7) is 3.88. The molecule has 1 N–H and O–H groups in total. The topological polar surface area (TPSA) is 72.8 Å². The number of hydrogen-bond acceptors (Lipinski definition) is 5. The normalized spacial score (nSPS) is 13.6. The van der Waals surface area contributed by atoms with E-state index in [1.165, 1.54) is 77.0 Å². The summed E-state index contributed by atoms with van der Waals surface area (Å²) in [5.41, 5.74) is 0. The van der Waals surface area contributed by atoms with Crippen LogP contribution >= 0.6 is 0 Å². The zero-order valence-electron chi connectivity index (χ0n) is 53.6. The first-order chi connectivity index (χ1) is 41.6. The Bertz CT molecular complexity index is 1980. The van der Waals surface area contributed by atoms with Gasteiger partial charge in [0.15, 0.2) is 6.10 Å². The van der Waals surface area contributed by atoms with Crippen molar-refractivity contribution in [3.05, 3.63) is 207 Å². The first kappa shape index (κ1) is 78.5. The second kappa shape index (κ2) is 71.7. The number of ether oxygens (including phenoxy) is 2. The standard InChI is InChI=1S/C79H122O5/c1-3-5-7-9-11-13-15-17-19-21-23-25-27-29-31-33-35-37-38-39-40-42-44-46-48-50-52-54-56-58-60-62-64-66-68-70-72-74-79(82)84-77(75-80)76-83-78(81)73-71-69-67-65-63-61-59-57-55-53-51-49-47-45-43-41-36-34-32-30-28-26-24-22-20-18-16-14-12-10-8-6-4-2/h5-8,11-14,17-20,23-26,29-32,35-37,39-41,44,46,50,52,56,58,62,64,77,80H,3-4,9-10,15-16,21-22,27-28,33-34,38,42-43,45,47-49,51,53-55,57,59-61,63,65-76H2,1-2H3/b7-5-,8-6-,13-11-,14-12-,19-17-,20-18-,25-23-,26-24-,31-29-,32-30-,37-35-,40-39-,41-36-,46-44-,52-50-,58-56-,64-62-. The molecular formula is C79H122O5. The molecule has 1 unspecified atom stereocenters. The van der Waals surface area contributed by atoms with Crippen LogP contribution in [0, 0.1) is 0 Å². The monoisotopic (exact) mass is 1150 g/mol. The number of unbranched alkanes of at least 4 members (excludes halogenated alkanes) is 17. The Morgan fingerprint density at radius 1 is 0.274 bits per heavy atom. The predicted octanol–water partition coefficient (Wildman–Crippen LogP) is 23.8. The van der Waals surface area contributed by atoms with Gasteiger partial charge in [0.2, 0.25) is 0 Å². The molecule has 0 spiro atoms. The molecule has 0 amide bonds. The van der Waals surface area contributed by atoms with Gasteiger partial charge < -0.3 is 14.6 Å². The Hall–Kier alpha value is -5.52. The molecule has 0 aromatic carbocycles. The second-order valence-electron chi connectivity index (χ2n) is 21.4. The highest BCUT2D eigenvalue weighted by molar-refractivity contribution is 5.70. The first-order valence-corrected chi connectivity index (χ1v) is 33.6. The van der Waals surface area contributed by atoms with Crippen molar-refractivity contribution in [1.29, 1.82) is 0 Å². The average Bonchev–Trinajstić information content (AvgIpc) is 3.51. The van der Waals surface area contributed by atoms with E-state index in [4.69, 9.17) is 9.47 Å². The Labute approximate surface area is 517 Å². The van der Waals surface area contributed by atoms with Crippen molar-refractivity contribution in [2.75, 3.05) is 13.2 Å². The number of aliphatic hydroxyl groups is 1. The van der Waals surface area contributed by atoms with Crippen molar-refractivity contribution in [3.63, 3.8) is 0 Å². The van der Waals surface area contributed by atoms with E-state index < -0.39 is 6.10 Å². The van der Waals surface area contributed by atoms with Crippen LogP contribution in [-0.2, 0) is 19.1 Å². The van der Waals surface area contributed by atoms with E-state index in [0.29, 0.717) is 12.8 Å². The molecule has 0 radical (unpaired) electrons. The highest BCUT2D eigenvalue weighted by Crippen LogP contribution is 2.15. The van der Waals surface area contributed by atoms with Crippen molar-refractivity contribution in [2.45, 2.75) is 264 Å². The molecule has 0 aliphatic carbocycles. The summed E-state index contributed by atoms with van der Waals surface area (Å²) >= 11 is 0. The molecular weight excluding hydrogens is 1030 g/mol. The van der Waals surface area contributed by atoms with Gasteiger partial charge in [-0.05, 0) is 148 Å². The van der Waals surface area contributed by atoms with Gasteiger partial charge in [0.25, 0.3) is 0 Å². The minimum Gasteiger partial charge on any atom is -0.462 e. The minimum atomic E-state index is -0.807. The van der Waals surface area contributed by atoms with Crippen LogP contribution in [0.3, 0.4) is 0 Å². The smallest absolute Gasteiger partial charge is 0.306 e. The van der Waals surface area contributed by atoms with Crippen molar-refractivity contribution >= 4 is 11.9 Å². The fraction of sp³-hybridized carbons (Fsp3) is 0.544. The van der Waals surface area contributed by atoms with Crippen molar-refractivity contribution in [2.24, 2.45) is 0 Å². The lowest BCUT2D eigenvalue weighted by molar-refractivity contribution is -0.161. The van der Waals surface area contributed by atoms with E-state index in [9.17, 15) is 14.7 Å². The maximum atomic E-state index is 12.3. The van der Waals surface area contributed by atoms with Gasteiger partial charge in [0, 0.05) is 12.8 Å². The fourth-order valence-corrected chi connectivity index (χ4v) is 8.62. The van der Waals surface area contributed by atoms with Crippen LogP contribution in [0.1, 0.15) is 258 Å². The molecule has 5 heteroatoms. The van der Waals surface area contributed by atoms with E-state index in [2.05, 4.69) is 220 Å². The lowest BCUT2D eigenvalue weighted by atomic mass is 10.0. The van der Waals surface area contributed by atoms with Gasteiger partial charge in [-0.15, -0.1) is 0 Å². The van der Waals surface area contributed by atoms with E-state index in [0.717, 1.165) is 154 Å². The lowest BCUT2D eigenvalue weighted by Crippen LogP contribution is -2.28. The van der Waals surface area contributed by atoms with E-state index in [1.807, 2.05) is 0 Å². The fourth-order valence-electron chi connectivity index (χ4n) is 8.62.